The Bertz CT molecular complexity index is 354. The molecule has 94 valence electrons. The Morgan fingerprint density at radius 1 is 1.47 bits per heavy atom. The van der Waals surface area contributed by atoms with Gasteiger partial charge in [0.05, 0.1) is 0 Å². The Labute approximate surface area is 107 Å². The fraction of sp³-hybridized carbons (Fsp3) is 0.615. The van der Waals surface area contributed by atoms with Gasteiger partial charge in [0, 0.05) is 32.1 Å². The van der Waals surface area contributed by atoms with Gasteiger partial charge in [-0.3, -0.25) is 0 Å². The van der Waals surface area contributed by atoms with Gasteiger partial charge in [0.15, 0.2) is 0 Å². The molecule has 1 fully saturated rings. The van der Waals surface area contributed by atoms with Crippen LogP contribution < -0.4 is 0 Å². The number of thiophene rings is 1. The number of nitrogens with zero attached hydrogens (tertiary/aromatic N) is 2. The second-order valence-electron chi connectivity index (χ2n) is 4.89. The van der Waals surface area contributed by atoms with Crippen molar-refractivity contribution in [3.05, 3.63) is 22.4 Å². The van der Waals surface area contributed by atoms with E-state index in [2.05, 4.69) is 17.5 Å². The summed E-state index contributed by atoms with van der Waals surface area (Å²) >= 11 is 1.84. The van der Waals surface area contributed by atoms with E-state index in [0.717, 1.165) is 31.8 Å². The lowest BCUT2D eigenvalue weighted by Gasteiger charge is -2.33. The fourth-order valence-corrected chi connectivity index (χ4v) is 3.15. The summed E-state index contributed by atoms with van der Waals surface area (Å²) in [5.41, 5.74) is 0. The largest absolute Gasteiger partial charge is 0.331 e. The second-order valence-corrected chi connectivity index (χ2v) is 5.92. The molecule has 0 aliphatic carbocycles. The Morgan fingerprint density at radius 3 is 2.71 bits per heavy atom. The molecule has 0 unspecified atom stereocenters. The zero-order valence-electron chi connectivity index (χ0n) is 10.6. The standard InChI is InChI=1S/C13H20N2OS/c1-14(2)13(16)15-7-5-11(6-8-15)10-12-4-3-9-17-12/h3-4,9,11H,5-8,10H2,1-2H3. The van der Waals surface area contributed by atoms with Gasteiger partial charge in [-0.15, -0.1) is 11.3 Å². The number of amides is 2. The molecular formula is C13H20N2OS. The molecule has 2 heterocycles. The molecule has 0 N–H and O–H groups in total. The van der Waals surface area contributed by atoms with Crippen LogP contribution in [0.25, 0.3) is 0 Å². The van der Waals surface area contributed by atoms with Crippen molar-refractivity contribution in [3.8, 4) is 0 Å². The van der Waals surface area contributed by atoms with E-state index in [9.17, 15) is 4.79 Å². The number of rotatable bonds is 2. The van der Waals surface area contributed by atoms with Crippen molar-refractivity contribution in [3.63, 3.8) is 0 Å². The van der Waals surface area contributed by atoms with Crippen LogP contribution >= 0.6 is 11.3 Å². The van der Waals surface area contributed by atoms with E-state index in [1.807, 2.05) is 30.3 Å². The van der Waals surface area contributed by atoms with Gasteiger partial charge in [-0.1, -0.05) is 6.07 Å². The van der Waals surface area contributed by atoms with Crippen molar-refractivity contribution in [1.82, 2.24) is 9.80 Å². The van der Waals surface area contributed by atoms with Crippen LogP contribution in [0.4, 0.5) is 4.79 Å². The molecule has 1 aromatic rings. The lowest BCUT2D eigenvalue weighted by molar-refractivity contribution is 0.147. The first-order chi connectivity index (χ1) is 8.16. The van der Waals surface area contributed by atoms with E-state index in [4.69, 9.17) is 0 Å². The Balaban J connectivity index is 1.80. The minimum absolute atomic E-state index is 0.152. The summed E-state index contributed by atoms with van der Waals surface area (Å²) in [5.74, 6) is 0.750. The highest BCUT2D eigenvalue weighted by atomic mass is 32.1. The summed E-state index contributed by atoms with van der Waals surface area (Å²) in [4.78, 5) is 16.9. The lowest BCUT2D eigenvalue weighted by atomic mass is 9.93. The molecular weight excluding hydrogens is 232 g/mol. The molecule has 1 saturated heterocycles. The van der Waals surface area contributed by atoms with E-state index < -0.39 is 0 Å². The van der Waals surface area contributed by atoms with Crippen molar-refractivity contribution in [2.24, 2.45) is 5.92 Å². The molecule has 2 rings (SSSR count). The number of piperidine rings is 1. The molecule has 0 spiro atoms. The van der Waals surface area contributed by atoms with Gasteiger partial charge in [-0.2, -0.15) is 0 Å². The third kappa shape index (κ3) is 3.22. The normalized spacial score (nSPS) is 17.2. The van der Waals surface area contributed by atoms with Crippen LogP contribution in [0.5, 0.6) is 0 Å². The summed E-state index contributed by atoms with van der Waals surface area (Å²) in [6.45, 7) is 1.82. The van der Waals surface area contributed by atoms with Crippen molar-refractivity contribution < 1.29 is 4.79 Å². The molecule has 17 heavy (non-hydrogen) atoms. The highest BCUT2D eigenvalue weighted by molar-refractivity contribution is 7.09. The van der Waals surface area contributed by atoms with Crippen LogP contribution in [0.3, 0.4) is 0 Å². The third-order valence-electron chi connectivity index (χ3n) is 3.34. The maximum atomic E-state index is 11.8. The first kappa shape index (κ1) is 12.4. The van der Waals surface area contributed by atoms with Crippen LogP contribution in [0.1, 0.15) is 17.7 Å². The number of likely N-dealkylation sites (tertiary alicyclic amines) is 1. The van der Waals surface area contributed by atoms with Gasteiger partial charge in [0.1, 0.15) is 0 Å². The molecule has 3 nitrogen and oxygen atoms in total. The number of hydrogen-bond acceptors (Lipinski definition) is 2. The first-order valence-corrected chi connectivity index (χ1v) is 7.03. The first-order valence-electron chi connectivity index (χ1n) is 6.15. The Hall–Kier alpha value is -1.03. The maximum absolute atomic E-state index is 11.8. The number of hydrogen-bond donors (Lipinski definition) is 0. The van der Waals surface area contributed by atoms with E-state index in [-0.39, 0.29) is 6.03 Å². The Kier molecular flexibility index (Phi) is 4.05. The quantitative estimate of drug-likeness (QED) is 0.794. The number of urea groups is 1. The number of carbonyl (C=O) groups is 1. The van der Waals surface area contributed by atoms with Crippen LogP contribution in [0.2, 0.25) is 0 Å². The lowest BCUT2D eigenvalue weighted by Crippen LogP contribution is -2.44. The van der Waals surface area contributed by atoms with Gasteiger partial charge in [0.2, 0.25) is 0 Å². The SMILES string of the molecule is CN(C)C(=O)N1CCC(Cc2cccs2)CC1. The van der Waals surface area contributed by atoms with Gasteiger partial charge in [0.25, 0.3) is 0 Å². The van der Waals surface area contributed by atoms with Gasteiger partial charge in [-0.25, -0.2) is 4.79 Å². The minimum atomic E-state index is 0.152. The topological polar surface area (TPSA) is 23.6 Å². The molecule has 1 aromatic heterocycles. The van der Waals surface area contributed by atoms with Gasteiger partial charge < -0.3 is 9.80 Å². The third-order valence-corrected chi connectivity index (χ3v) is 4.24. The average Bonchev–Trinajstić information content (AvgIpc) is 2.82. The predicted octanol–water partition coefficient (Wildman–Crippen LogP) is 2.68. The Morgan fingerprint density at radius 2 is 2.18 bits per heavy atom. The second kappa shape index (κ2) is 5.54. The molecule has 0 aromatic carbocycles. The summed E-state index contributed by atoms with van der Waals surface area (Å²) in [6.07, 6.45) is 3.45. The van der Waals surface area contributed by atoms with Crippen molar-refractivity contribution in [2.75, 3.05) is 27.2 Å². The average molecular weight is 252 g/mol. The smallest absolute Gasteiger partial charge is 0.319 e. The van der Waals surface area contributed by atoms with Crippen LogP contribution in [-0.2, 0) is 6.42 Å². The molecule has 1 aliphatic heterocycles. The molecule has 0 atom stereocenters. The molecule has 1 aliphatic rings. The van der Waals surface area contributed by atoms with E-state index >= 15 is 0 Å². The highest BCUT2D eigenvalue weighted by Gasteiger charge is 2.23. The van der Waals surface area contributed by atoms with Crippen molar-refractivity contribution >= 4 is 17.4 Å². The summed E-state index contributed by atoms with van der Waals surface area (Å²) in [6, 6.07) is 4.48. The van der Waals surface area contributed by atoms with Crippen LogP contribution in [-0.4, -0.2) is 43.0 Å². The number of carbonyl (C=O) groups excluding carboxylic acids is 1. The van der Waals surface area contributed by atoms with Crippen LogP contribution in [0.15, 0.2) is 17.5 Å². The highest BCUT2D eigenvalue weighted by Crippen LogP contribution is 2.24. The monoisotopic (exact) mass is 252 g/mol. The summed E-state index contributed by atoms with van der Waals surface area (Å²) in [5, 5.41) is 2.14. The van der Waals surface area contributed by atoms with Crippen LogP contribution in [0, 0.1) is 5.92 Å². The zero-order valence-corrected chi connectivity index (χ0v) is 11.4. The van der Waals surface area contributed by atoms with E-state index in [1.165, 1.54) is 11.3 Å². The maximum Gasteiger partial charge on any atom is 0.319 e. The molecule has 2 amide bonds. The fourth-order valence-electron chi connectivity index (χ4n) is 2.32. The molecule has 0 radical (unpaired) electrons. The summed E-state index contributed by atoms with van der Waals surface area (Å²) < 4.78 is 0. The molecule has 0 bridgehead atoms. The zero-order chi connectivity index (χ0) is 12.3. The van der Waals surface area contributed by atoms with Gasteiger partial charge >= 0.3 is 6.03 Å². The predicted molar refractivity (Wildman–Crippen MR) is 71.4 cm³/mol. The molecule has 0 saturated carbocycles. The molecule has 4 heteroatoms. The van der Waals surface area contributed by atoms with E-state index in [1.54, 1.807) is 4.90 Å². The van der Waals surface area contributed by atoms with Crippen molar-refractivity contribution in [1.29, 1.82) is 0 Å². The summed E-state index contributed by atoms with van der Waals surface area (Å²) in [7, 11) is 3.64. The van der Waals surface area contributed by atoms with Gasteiger partial charge in [-0.05, 0) is 36.6 Å². The van der Waals surface area contributed by atoms with E-state index in [0.29, 0.717) is 0 Å². The van der Waals surface area contributed by atoms with Crippen molar-refractivity contribution in [2.45, 2.75) is 19.3 Å². The minimum Gasteiger partial charge on any atom is -0.331 e.